The van der Waals surface area contributed by atoms with E-state index in [1.54, 1.807) is 48.6 Å². The summed E-state index contributed by atoms with van der Waals surface area (Å²) in [5.74, 6) is 2.60. The van der Waals surface area contributed by atoms with E-state index in [9.17, 15) is 20.7 Å². The number of aliphatic hydroxyl groups excluding tert-OH is 2. The quantitative estimate of drug-likeness (QED) is 0.0510. The molecule has 0 saturated carbocycles. The van der Waals surface area contributed by atoms with E-state index in [0.29, 0.717) is 70.0 Å². The van der Waals surface area contributed by atoms with Crippen LogP contribution in [0.3, 0.4) is 0 Å². The molecular formula is C46H64N2O6. The van der Waals surface area contributed by atoms with Gasteiger partial charge >= 0.3 is 0 Å². The molecule has 0 aliphatic heterocycles. The summed E-state index contributed by atoms with van der Waals surface area (Å²) in [6.45, 7) is 4.92. The highest BCUT2D eigenvalue weighted by molar-refractivity contribution is 5.95. The lowest BCUT2D eigenvalue weighted by atomic mass is 9.97. The maximum atomic E-state index is 10.4. The molecule has 0 spiro atoms. The standard InChI is InChI=1S/C46H64N2O6/c1-3-5-7-9-11-13-15-17-19-21-27-51-45-31-44(38(34-48)30-40-24-26-42(36-50)54-40)46(52-28-22-20-18-16-14-12-10-8-6-4-2)32-43(45)37(33-47)29-39-23-25-41(35-49)53-39/h23-26,29-32,49-50H,3-22,27-28,35-36H2,1-2H3/b37-29+,38-30+. The number of hydrogen-bond acceptors (Lipinski definition) is 8. The number of unbranched alkanes of at least 4 members (excludes halogenated alkanes) is 18. The van der Waals surface area contributed by atoms with Crippen LogP contribution in [0.5, 0.6) is 11.5 Å². The Labute approximate surface area is 324 Å². The van der Waals surface area contributed by atoms with Gasteiger partial charge in [0.15, 0.2) is 0 Å². The normalized spacial score (nSPS) is 11.8. The predicted molar refractivity (Wildman–Crippen MR) is 217 cm³/mol. The Morgan fingerprint density at radius 3 is 1.17 bits per heavy atom. The van der Waals surface area contributed by atoms with Gasteiger partial charge < -0.3 is 28.5 Å². The molecule has 2 N–H and O–H groups in total. The van der Waals surface area contributed by atoms with Gasteiger partial charge in [-0.3, -0.25) is 0 Å². The number of benzene rings is 1. The molecular weight excluding hydrogens is 677 g/mol. The third kappa shape index (κ3) is 16.4. The summed E-state index contributed by atoms with van der Waals surface area (Å²) in [6.07, 6.45) is 27.4. The van der Waals surface area contributed by atoms with Gasteiger partial charge in [-0.15, -0.1) is 0 Å². The molecule has 2 aromatic heterocycles. The number of allylic oxidation sites excluding steroid dienone is 2. The number of ether oxygens (including phenoxy) is 2. The van der Waals surface area contributed by atoms with E-state index < -0.39 is 0 Å². The third-order valence-electron chi connectivity index (χ3n) is 9.66. The van der Waals surface area contributed by atoms with Crippen molar-refractivity contribution in [3.63, 3.8) is 0 Å². The van der Waals surface area contributed by atoms with Crippen LogP contribution in [-0.2, 0) is 13.2 Å². The maximum Gasteiger partial charge on any atom is 0.130 e. The molecule has 0 aliphatic carbocycles. The first-order chi connectivity index (χ1) is 26.6. The predicted octanol–water partition coefficient (Wildman–Crippen LogP) is 12.6. The van der Waals surface area contributed by atoms with Crippen LogP contribution in [0.4, 0.5) is 0 Å². The fourth-order valence-corrected chi connectivity index (χ4v) is 6.50. The number of hydrogen-bond donors (Lipinski definition) is 2. The lowest BCUT2D eigenvalue weighted by molar-refractivity contribution is 0.246. The molecule has 54 heavy (non-hydrogen) atoms. The maximum absolute atomic E-state index is 10.4. The third-order valence-corrected chi connectivity index (χ3v) is 9.66. The first-order valence-corrected chi connectivity index (χ1v) is 20.6. The largest absolute Gasteiger partial charge is 0.493 e. The van der Waals surface area contributed by atoms with Crippen molar-refractivity contribution >= 4 is 23.3 Å². The second-order valence-electron chi connectivity index (χ2n) is 14.2. The van der Waals surface area contributed by atoms with Crippen molar-refractivity contribution < 1.29 is 28.5 Å². The minimum absolute atomic E-state index is 0.243. The van der Waals surface area contributed by atoms with Gasteiger partial charge in [0, 0.05) is 11.1 Å². The van der Waals surface area contributed by atoms with Gasteiger partial charge in [0.1, 0.15) is 59.9 Å². The van der Waals surface area contributed by atoms with E-state index in [1.165, 1.54) is 89.9 Å². The highest BCUT2D eigenvalue weighted by Crippen LogP contribution is 2.39. The molecule has 3 rings (SSSR count). The molecule has 0 saturated heterocycles. The molecule has 1 aromatic carbocycles. The van der Waals surface area contributed by atoms with Gasteiger partial charge in [-0.05, 0) is 61.4 Å². The minimum Gasteiger partial charge on any atom is -0.493 e. The summed E-state index contributed by atoms with van der Waals surface area (Å²) in [7, 11) is 0. The highest BCUT2D eigenvalue weighted by Gasteiger charge is 2.20. The Kier molecular flexibility index (Phi) is 22.4. The molecule has 0 aliphatic rings. The molecule has 0 atom stereocenters. The summed E-state index contributed by atoms with van der Waals surface area (Å²) in [5, 5.41) is 39.9. The molecule has 8 nitrogen and oxygen atoms in total. The van der Waals surface area contributed by atoms with Crippen molar-refractivity contribution in [2.75, 3.05) is 13.2 Å². The number of aliphatic hydroxyl groups is 2. The minimum atomic E-state index is -0.243. The van der Waals surface area contributed by atoms with E-state index in [2.05, 4.69) is 26.0 Å². The monoisotopic (exact) mass is 740 g/mol. The van der Waals surface area contributed by atoms with Crippen LogP contribution in [0.2, 0.25) is 0 Å². The summed E-state index contributed by atoms with van der Waals surface area (Å²) >= 11 is 0. The summed E-state index contributed by atoms with van der Waals surface area (Å²) < 4.78 is 24.2. The molecule has 294 valence electrons. The van der Waals surface area contributed by atoms with Crippen LogP contribution in [0.15, 0.2) is 45.2 Å². The van der Waals surface area contributed by atoms with Gasteiger partial charge in [0.25, 0.3) is 0 Å². The van der Waals surface area contributed by atoms with Crippen LogP contribution in [0, 0.1) is 22.7 Å². The number of rotatable bonds is 30. The van der Waals surface area contributed by atoms with Crippen molar-refractivity contribution in [3.8, 4) is 23.6 Å². The van der Waals surface area contributed by atoms with Gasteiger partial charge in [0.2, 0.25) is 0 Å². The van der Waals surface area contributed by atoms with Crippen molar-refractivity contribution in [2.45, 2.75) is 155 Å². The van der Waals surface area contributed by atoms with Crippen molar-refractivity contribution in [1.29, 1.82) is 10.5 Å². The zero-order valence-corrected chi connectivity index (χ0v) is 33.0. The number of furan rings is 2. The second-order valence-corrected chi connectivity index (χ2v) is 14.2. The molecule has 2 heterocycles. The Balaban J connectivity index is 1.84. The lowest BCUT2D eigenvalue weighted by Crippen LogP contribution is -2.05. The Bertz CT molecular complexity index is 1500. The Morgan fingerprint density at radius 2 is 0.870 bits per heavy atom. The van der Waals surface area contributed by atoms with Gasteiger partial charge in [-0.25, -0.2) is 0 Å². The average molecular weight is 741 g/mol. The fourth-order valence-electron chi connectivity index (χ4n) is 6.50. The smallest absolute Gasteiger partial charge is 0.130 e. The fraction of sp³-hybridized carbons (Fsp3) is 0.565. The van der Waals surface area contributed by atoms with E-state index >= 15 is 0 Å². The summed E-state index contributed by atoms with van der Waals surface area (Å²) in [4.78, 5) is 0. The zero-order valence-electron chi connectivity index (χ0n) is 33.0. The van der Waals surface area contributed by atoms with Gasteiger partial charge in [0.05, 0.1) is 24.4 Å². The first kappa shape index (κ1) is 44.2. The molecule has 0 amide bonds. The van der Waals surface area contributed by atoms with Crippen LogP contribution < -0.4 is 9.47 Å². The molecule has 0 fully saturated rings. The van der Waals surface area contributed by atoms with Crippen LogP contribution >= 0.6 is 0 Å². The number of nitrogens with zero attached hydrogens (tertiary/aromatic N) is 2. The average Bonchev–Trinajstić information content (AvgIpc) is 3.86. The van der Waals surface area contributed by atoms with E-state index in [4.69, 9.17) is 18.3 Å². The Hall–Kier alpha value is -4.24. The van der Waals surface area contributed by atoms with Crippen molar-refractivity contribution in [2.24, 2.45) is 0 Å². The second kappa shape index (κ2) is 27.4. The van der Waals surface area contributed by atoms with Crippen LogP contribution in [0.25, 0.3) is 23.3 Å². The molecule has 3 aromatic rings. The van der Waals surface area contributed by atoms with Crippen molar-refractivity contribution in [3.05, 3.63) is 70.6 Å². The SMILES string of the molecule is CCCCCCCCCCCCOc1cc(/C(C#N)=C/c2ccc(CO)o2)c(OCCCCCCCCCCCC)cc1/C(C#N)=C/c1ccc(CO)o1. The number of nitriles is 2. The topological polar surface area (TPSA) is 133 Å². The summed E-state index contributed by atoms with van der Waals surface area (Å²) in [6, 6.07) is 15.0. The van der Waals surface area contributed by atoms with E-state index in [-0.39, 0.29) is 13.2 Å². The van der Waals surface area contributed by atoms with Gasteiger partial charge in [-0.1, -0.05) is 129 Å². The highest BCUT2D eigenvalue weighted by atomic mass is 16.5. The molecule has 0 unspecified atom stereocenters. The Morgan fingerprint density at radius 1 is 0.537 bits per heavy atom. The molecule has 8 heteroatoms. The van der Waals surface area contributed by atoms with Crippen LogP contribution in [0.1, 0.15) is 176 Å². The molecule has 0 radical (unpaired) electrons. The summed E-state index contributed by atoms with van der Waals surface area (Å²) in [5.41, 5.74) is 1.68. The van der Waals surface area contributed by atoms with Crippen molar-refractivity contribution in [1.82, 2.24) is 0 Å². The lowest BCUT2D eigenvalue weighted by Gasteiger charge is -2.17. The first-order valence-electron chi connectivity index (χ1n) is 20.6. The zero-order chi connectivity index (χ0) is 38.6. The van der Waals surface area contributed by atoms with Gasteiger partial charge in [-0.2, -0.15) is 10.5 Å². The molecule has 0 bridgehead atoms. The van der Waals surface area contributed by atoms with Crippen LogP contribution in [-0.4, -0.2) is 23.4 Å². The van der Waals surface area contributed by atoms with E-state index in [1.807, 2.05) is 0 Å². The van der Waals surface area contributed by atoms with E-state index in [0.717, 1.165) is 38.5 Å².